The summed E-state index contributed by atoms with van der Waals surface area (Å²) in [7, 11) is 0. The van der Waals surface area contributed by atoms with Crippen LogP contribution in [0.3, 0.4) is 0 Å². The molecule has 0 spiro atoms. The SMILES string of the molecule is O=C1COCCCNC(=O)COCCCN1. The van der Waals surface area contributed by atoms with E-state index in [4.69, 9.17) is 9.47 Å². The van der Waals surface area contributed by atoms with E-state index in [0.29, 0.717) is 39.1 Å². The Balaban J connectivity index is 2.23. The summed E-state index contributed by atoms with van der Waals surface area (Å²) in [4.78, 5) is 22.3. The van der Waals surface area contributed by atoms with Gasteiger partial charge in [0, 0.05) is 26.3 Å². The molecule has 1 rings (SSSR count). The highest BCUT2D eigenvalue weighted by molar-refractivity contribution is 5.77. The Morgan fingerprint density at radius 2 is 1.25 bits per heavy atom. The first-order valence-corrected chi connectivity index (χ1v) is 5.48. The zero-order valence-corrected chi connectivity index (χ0v) is 9.29. The van der Waals surface area contributed by atoms with Gasteiger partial charge in [0.2, 0.25) is 11.8 Å². The van der Waals surface area contributed by atoms with Crippen molar-refractivity contribution in [2.75, 3.05) is 39.5 Å². The molecular formula is C10H18N2O4. The van der Waals surface area contributed by atoms with Gasteiger partial charge in [-0.15, -0.1) is 0 Å². The van der Waals surface area contributed by atoms with Crippen LogP contribution in [0.5, 0.6) is 0 Å². The van der Waals surface area contributed by atoms with Gasteiger partial charge in [0.15, 0.2) is 0 Å². The average Bonchev–Trinajstić information content (AvgIpc) is 2.27. The van der Waals surface area contributed by atoms with Crippen LogP contribution >= 0.6 is 0 Å². The summed E-state index contributed by atoms with van der Waals surface area (Å²) in [6.45, 7) is 2.18. The Hall–Kier alpha value is -1.14. The molecule has 1 heterocycles. The van der Waals surface area contributed by atoms with Crippen molar-refractivity contribution in [2.45, 2.75) is 12.8 Å². The normalized spacial score (nSPS) is 21.8. The van der Waals surface area contributed by atoms with Crippen LogP contribution in [0.1, 0.15) is 12.8 Å². The van der Waals surface area contributed by atoms with Gasteiger partial charge in [0.05, 0.1) is 0 Å². The Morgan fingerprint density at radius 1 is 0.812 bits per heavy atom. The molecule has 1 fully saturated rings. The zero-order chi connectivity index (χ0) is 11.6. The van der Waals surface area contributed by atoms with Crippen molar-refractivity contribution in [3.8, 4) is 0 Å². The number of amides is 2. The van der Waals surface area contributed by atoms with Crippen LogP contribution in [0.25, 0.3) is 0 Å². The molecule has 0 aliphatic carbocycles. The molecule has 6 nitrogen and oxygen atoms in total. The van der Waals surface area contributed by atoms with Crippen LogP contribution in [-0.4, -0.2) is 51.3 Å². The molecule has 2 amide bonds. The zero-order valence-electron chi connectivity index (χ0n) is 9.29. The van der Waals surface area contributed by atoms with Crippen LogP contribution in [0.15, 0.2) is 0 Å². The van der Waals surface area contributed by atoms with Crippen LogP contribution in [0, 0.1) is 0 Å². The van der Waals surface area contributed by atoms with Crippen molar-refractivity contribution in [3.05, 3.63) is 0 Å². The summed E-state index contributed by atoms with van der Waals surface area (Å²) in [6, 6.07) is 0. The predicted molar refractivity (Wildman–Crippen MR) is 56.9 cm³/mol. The van der Waals surface area contributed by atoms with Crippen molar-refractivity contribution < 1.29 is 19.1 Å². The fourth-order valence-corrected chi connectivity index (χ4v) is 1.24. The molecule has 0 aromatic carbocycles. The van der Waals surface area contributed by atoms with Gasteiger partial charge in [-0.3, -0.25) is 9.59 Å². The summed E-state index contributed by atoms with van der Waals surface area (Å²) in [5.41, 5.74) is 0. The standard InChI is InChI=1S/C10H18N2O4/c13-9-8-16-6-2-4-12-10(14)7-15-5-1-3-11-9/h1-8H2,(H,11,13)(H,12,14). The van der Waals surface area contributed by atoms with Crippen molar-refractivity contribution in [3.63, 3.8) is 0 Å². The Bertz CT molecular complexity index is 189. The van der Waals surface area contributed by atoms with E-state index in [1.807, 2.05) is 0 Å². The van der Waals surface area contributed by atoms with E-state index in [2.05, 4.69) is 10.6 Å². The number of ether oxygens (including phenoxy) is 2. The minimum atomic E-state index is -0.110. The van der Waals surface area contributed by atoms with Gasteiger partial charge >= 0.3 is 0 Å². The van der Waals surface area contributed by atoms with Crippen LogP contribution in [-0.2, 0) is 19.1 Å². The maximum absolute atomic E-state index is 11.2. The lowest BCUT2D eigenvalue weighted by atomic mass is 10.4. The molecule has 0 atom stereocenters. The van der Waals surface area contributed by atoms with Gasteiger partial charge in [-0.05, 0) is 12.8 Å². The Labute approximate surface area is 94.7 Å². The fraction of sp³-hybridized carbons (Fsp3) is 0.800. The van der Waals surface area contributed by atoms with Crippen molar-refractivity contribution in [1.29, 1.82) is 0 Å². The maximum Gasteiger partial charge on any atom is 0.245 e. The molecule has 1 aliphatic rings. The first-order valence-electron chi connectivity index (χ1n) is 5.48. The summed E-state index contributed by atoms with van der Waals surface area (Å²) in [6.07, 6.45) is 1.39. The largest absolute Gasteiger partial charge is 0.372 e. The van der Waals surface area contributed by atoms with E-state index >= 15 is 0 Å². The Kier molecular flexibility index (Phi) is 6.52. The summed E-state index contributed by atoms with van der Waals surface area (Å²) in [5.74, 6) is -0.220. The van der Waals surface area contributed by atoms with Gasteiger partial charge in [0.1, 0.15) is 13.2 Å². The maximum atomic E-state index is 11.2. The monoisotopic (exact) mass is 230 g/mol. The molecule has 2 N–H and O–H groups in total. The molecule has 0 unspecified atom stereocenters. The molecular weight excluding hydrogens is 212 g/mol. The number of carbonyl (C=O) groups is 2. The highest BCUT2D eigenvalue weighted by Gasteiger charge is 2.04. The molecule has 6 heteroatoms. The number of hydrogen-bond donors (Lipinski definition) is 2. The van der Waals surface area contributed by atoms with E-state index in [9.17, 15) is 9.59 Å². The number of rotatable bonds is 0. The third-order valence-corrected chi connectivity index (χ3v) is 2.04. The topological polar surface area (TPSA) is 76.7 Å². The van der Waals surface area contributed by atoms with Gasteiger partial charge < -0.3 is 20.1 Å². The van der Waals surface area contributed by atoms with E-state index < -0.39 is 0 Å². The molecule has 0 saturated carbocycles. The van der Waals surface area contributed by atoms with Crippen molar-refractivity contribution in [2.24, 2.45) is 0 Å². The van der Waals surface area contributed by atoms with Crippen LogP contribution in [0.2, 0.25) is 0 Å². The van der Waals surface area contributed by atoms with Gasteiger partial charge in [-0.25, -0.2) is 0 Å². The second-order valence-corrected chi connectivity index (χ2v) is 3.51. The predicted octanol–water partition coefficient (Wildman–Crippen LogP) is -0.954. The summed E-state index contributed by atoms with van der Waals surface area (Å²) < 4.78 is 10.3. The minimum absolute atomic E-state index is 0.0782. The highest BCUT2D eigenvalue weighted by atomic mass is 16.5. The third-order valence-electron chi connectivity index (χ3n) is 2.04. The molecule has 0 radical (unpaired) electrons. The van der Waals surface area contributed by atoms with Crippen LogP contribution in [0.4, 0.5) is 0 Å². The quantitative estimate of drug-likeness (QED) is 0.562. The number of nitrogens with one attached hydrogen (secondary N) is 2. The molecule has 1 aliphatic heterocycles. The third kappa shape index (κ3) is 6.36. The highest BCUT2D eigenvalue weighted by Crippen LogP contribution is 1.86. The van der Waals surface area contributed by atoms with E-state index in [0.717, 1.165) is 0 Å². The average molecular weight is 230 g/mol. The van der Waals surface area contributed by atoms with Crippen molar-refractivity contribution in [1.82, 2.24) is 10.6 Å². The van der Waals surface area contributed by atoms with E-state index in [1.54, 1.807) is 0 Å². The summed E-state index contributed by atoms with van der Waals surface area (Å²) >= 11 is 0. The van der Waals surface area contributed by atoms with E-state index in [-0.39, 0.29) is 25.0 Å². The van der Waals surface area contributed by atoms with Gasteiger partial charge in [-0.1, -0.05) is 0 Å². The van der Waals surface area contributed by atoms with Crippen LogP contribution < -0.4 is 10.6 Å². The van der Waals surface area contributed by atoms with Crippen molar-refractivity contribution >= 4 is 11.8 Å². The first kappa shape index (κ1) is 12.9. The number of hydrogen-bond acceptors (Lipinski definition) is 4. The lowest BCUT2D eigenvalue weighted by molar-refractivity contribution is -0.127. The smallest absolute Gasteiger partial charge is 0.245 e. The fourth-order valence-electron chi connectivity index (χ4n) is 1.24. The molecule has 16 heavy (non-hydrogen) atoms. The summed E-state index contributed by atoms with van der Waals surface area (Å²) in [5, 5.41) is 5.41. The van der Waals surface area contributed by atoms with E-state index in [1.165, 1.54) is 0 Å². The minimum Gasteiger partial charge on any atom is -0.372 e. The second kappa shape index (κ2) is 8.06. The number of carbonyl (C=O) groups excluding carboxylic acids is 2. The second-order valence-electron chi connectivity index (χ2n) is 3.51. The Morgan fingerprint density at radius 3 is 1.69 bits per heavy atom. The molecule has 92 valence electrons. The van der Waals surface area contributed by atoms with Gasteiger partial charge in [-0.2, -0.15) is 0 Å². The molecule has 0 aromatic heterocycles. The lowest BCUT2D eigenvalue weighted by Crippen LogP contribution is -2.32. The first-order chi connectivity index (χ1) is 7.79. The molecule has 0 aromatic rings. The molecule has 1 saturated heterocycles. The molecule has 0 bridgehead atoms. The lowest BCUT2D eigenvalue weighted by Gasteiger charge is -2.09. The van der Waals surface area contributed by atoms with Gasteiger partial charge in [0.25, 0.3) is 0 Å².